The predicted molar refractivity (Wildman–Crippen MR) is 102 cm³/mol. The normalized spacial score (nSPS) is 13.4. The molecule has 0 saturated carbocycles. The van der Waals surface area contributed by atoms with Crippen molar-refractivity contribution in [1.29, 1.82) is 0 Å². The van der Waals surface area contributed by atoms with Crippen LogP contribution in [0.25, 0.3) is 11.1 Å². The van der Waals surface area contributed by atoms with E-state index in [1.807, 2.05) is 0 Å². The van der Waals surface area contributed by atoms with E-state index >= 15 is 0 Å². The van der Waals surface area contributed by atoms with Gasteiger partial charge in [-0.15, -0.1) is 0 Å². The van der Waals surface area contributed by atoms with Gasteiger partial charge < -0.3 is 0 Å². The minimum absolute atomic E-state index is 0.115. The van der Waals surface area contributed by atoms with Crippen LogP contribution in [0.2, 0.25) is 9.26 Å². The zero-order chi connectivity index (χ0) is 18.4. The molecular weight excluding hydrogens is 389 g/mol. The van der Waals surface area contributed by atoms with Gasteiger partial charge in [-0.2, -0.15) is 0 Å². The molecule has 0 aromatic heterocycles. The van der Waals surface area contributed by atoms with E-state index in [4.69, 9.17) is 9.47 Å². The molecule has 0 heterocycles. The molecule has 0 amide bonds. The van der Waals surface area contributed by atoms with Gasteiger partial charge in [0.15, 0.2) is 0 Å². The molecule has 0 bridgehead atoms. The third-order valence-corrected chi connectivity index (χ3v) is 12.6. The van der Waals surface area contributed by atoms with Gasteiger partial charge in [-0.3, -0.25) is 0 Å². The number of nitrogens with one attached hydrogen (secondary N) is 1. The minimum atomic E-state index is -2.70. The number of rotatable bonds is 4. The number of benzene rings is 2. The molecule has 0 aliphatic heterocycles. The average Bonchev–Trinajstić information content (AvgIpc) is 2.88. The Balaban J connectivity index is 2.17. The van der Waals surface area contributed by atoms with Crippen LogP contribution < -0.4 is 16.0 Å². The molecule has 0 saturated heterocycles. The van der Waals surface area contributed by atoms with E-state index in [-0.39, 0.29) is 5.54 Å². The van der Waals surface area contributed by atoms with Gasteiger partial charge in [-0.25, -0.2) is 0 Å². The van der Waals surface area contributed by atoms with Crippen LogP contribution in [-0.4, -0.2) is 19.8 Å². The van der Waals surface area contributed by atoms with Crippen LogP contribution in [0.15, 0.2) is 30.3 Å². The van der Waals surface area contributed by atoms with Crippen molar-refractivity contribution in [3.63, 3.8) is 0 Å². The van der Waals surface area contributed by atoms with Crippen molar-refractivity contribution < 1.29 is 30.0 Å². The molecule has 3 rings (SSSR count). The van der Waals surface area contributed by atoms with Crippen LogP contribution in [0.4, 0.5) is 0 Å². The van der Waals surface area contributed by atoms with Crippen LogP contribution in [0.1, 0.15) is 31.9 Å². The van der Waals surface area contributed by atoms with Crippen LogP contribution in [0.3, 0.4) is 0 Å². The summed E-state index contributed by atoms with van der Waals surface area (Å²) in [6.07, 6.45) is 1.00. The third kappa shape index (κ3) is 3.71. The van der Waals surface area contributed by atoms with E-state index in [1.54, 1.807) is 14.2 Å². The van der Waals surface area contributed by atoms with Crippen molar-refractivity contribution in [3.8, 4) is 22.6 Å². The Kier molecular flexibility index (Phi) is 4.90. The van der Waals surface area contributed by atoms with Gasteiger partial charge in [-0.05, 0) is 0 Å². The first kappa shape index (κ1) is 18.7. The molecule has 2 aromatic rings. The standard InChI is InChI=1S/C15H13O2.C4H10N.2CH3.Zr/c1-16-12-5-3-10-7-11-4-6-13(17-2)9-15(11)14(10)8-12;1-4(2,3)5;;;/h3,5-6,8-9H,7H2,1-2H3;5H,1-3H3;2*1H3;/q;-1;;;+1. The summed E-state index contributed by atoms with van der Waals surface area (Å²) in [4.78, 5) is 0. The number of hydrogen-bond acceptors (Lipinski definition) is 3. The van der Waals surface area contributed by atoms with Crippen LogP contribution >= 0.6 is 0 Å². The SMILES string of the molecule is COc1ccc2c(c1)-c1cc(OC)c[c]([Zr]([CH3])([CH3])[NH]C(C)(C)C)c1C2. The van der Waals surface area contributed by atoms with Gasteiger partial charge in [0, 0.05) is 0 Å². The summed E-state index contributed by atoms with van der Waals surface area (Å²) < 4.78 is 21.5. The second-order valence-corrected chi connectivity index (χ2v) is 18.3. The quantitative estimate of drug-likeness (QED) is 0.679. The van der Waals surface area contributed by atoms with Crippen molar-refractivity contribution >= 4 is 3.27 Å². The summed E-state index contributed by atoms with van der Waals surface area (Å²) in [5.74, 6) is 1.86. The van der Waals surface area contributed by atoms with E-state index in [0.29, 0.717) is 0 Å². The summed E-state index contributed by atoms with van der Waals surface area (Å²) in [6.45, 7) is 6.77. The van der Waals surface area contributed by atoms with Crippen LogP contribution in [-0.2, 0) is 27.0 Å². The van der Waals surface area contributed by atoms with E-state index in [0.717, 1.165) is 17.9 Å². The molecule has 1 N–H and O–H groups in total. The fourth-order valence-electron chi connectivity index (χ4n) is 4.03. The Bertz CT molecular complexity index is 806. The van der Waals surface area contributed by atoms with Crippen molar-refractivity contribution in [1.82, 2.24) is 3.26 Å². The first-order chi connectivity index (χ1) is 11.6. The summed E-state index contributed by atoms with van der Waals surface area (Å²) in [6, 6.07) is 10.9. The Hall–Kier alpha value is -1.12. The van der Waals surface area contributed by atoms with E-state index in [1.165, 1.54) is 25.5 Å². The number of methoxy groups -OCH3 is 2. The van der Waals surface area contributed by atoms with Crippen molar-refractivity contribution in [3.05, 3.63) is 41.5 Å². The van der Waals surface area contributed by atoms with Gasteiger partial charge >= 0.3 is 157 Å². The molecule has 134 valence electrons. The summed E-state index contributed by atoms with van der Waals surface area (Å²) in [5, 5.41) is 0. The zero-order valence-corrected chi connectivity index (χ0v) is 18.9. The van der Waals surface area contributed by atoms with E-state index in [9.17, 15) is 0 Å². The molecule has 0 radical (unpaired) electrons. The Morgan fingerprint density at radius 2 is 1.56 bits per heavy atom. The van der Waals surface area contributed by atoms with Crippen LogP contribution in [0, 0.1) is 0 Å². The molecule has 25 heavy (non-hydrogen) atoms. The maximum atomic E-state index is 5.65. The zero-order valence-electron chi connectivity index (χ0n) is 16.4. The average molecular weight is 419 g/mol. The number of hydrogen-bond donors (Lipinski definition) is 1. The first-order valence-corrected chi connectivity index (χ1v) is 16.2. The number of ether oxygens (including phenoxy) is 2. The first-order valence-electron chi connectivity index (χ1n) is 8.82. The maximum absolute atomic E-state index is 5.65. The Morgan fingerprint density at radius 3 is 2.16 bits per heavy atom. The second-order valence-electron chi connectivity index (χ2n) is 8.40. The molecular formula is C21H29NO2Zr. The second kappa shape index (κ2) is 6.56. The summed E-state index contributed by atoms with van der Waals surface area (Å²) in [5.41, 5.74) is 5.56. The molecule has 1 aliphatic rings. The topological polar surface area (TPSA) is 30.5 Å². The van der Waals surface area contributed by atoms with Gasteiger partial charge in [0.2, 0.25) is 0 Å². The van der Waals surface area contributed by atoms with E-state index in [2.05, 4.69) is 63.6 Å². The van der Waals surface area contributed by atoms with Crippen molar-refractivity contribution in [2.45, 2.75) is 42.0 Å². The fourth-order valence-corrected chi connectivity index (χ4v) is 12.6. The fraction of sp³-hybridized carbons (Fsp3) is 0.429. The summed E-state index contributed by atoms with van der Waals surface area (Å²) in [7, 11) is 3.48. The molecule has 2 aromatic carbocycles. The van der Waals surface area contributed by atoms with Gasteiger partial charge in [0.25, 0.3) is 0 Å². The van der Waals surface area contributed by atoms with E-state index < -0.39 is 20.6 Å². The molecule has 4 heteroatoms. The molecule has 1 aliphatic carbocycles. The molecule has 3 nitrogen and oxygen atoms in total. The van der Waals surface area contributed by atoms with Crippen molar-refractivity contribution in [2.75, 3.05) is 14.2 Å². The third-order valence-electron chi connectivity index (χ3n) is 4.79. The molecule has 0 fully saturated rings. The van der Waals surface area contributed by atoms with Gasteiger partial charge in [0.1, 0.15) is 0 Å². The van der Waals surface area contributed by atoms with Crippen LogP contribution in [0.5, 0.6) is 11.5 Å². The Labute approximate surface area is 156 Å². The van der Waals surface area contributed by atoms with Gasteiger partial charge in [0.05, 0.1) is 0 Å². The Morgan fingerprint density at radius 1 is 0.920 bits per heavy atom. The van der Waals surface area contributed by atoms with Gasteiger partial charge in [-0.1, -0.05) is 0 Å². The monoisotopic (exact) mass is 417 g/mol. The predicted octanol–water partition coefficient (Wildman–Crippen LogP) is 4.45. The molecule has 0 atom stereocenters. The number of fused-ring (bicyclic) bond motifs is 3. The van der Waals surface area contributed by atoms with Crippen molar-refractivity contribution in [2.24, 2.45) is 0 Å². The molecule has 0 unspecified atom stereocenters. The molecule has 0 spiro atoms. The summed E-state index contributed by atoms with van der Waals surface area (Å²) >= 11 is -2.70.